The minimum Gasteiger partial charge on any atom is -0.363 e. The van der Waals surface area contributed by atoms with Crippen LogP contribution in [0.2, 0.25) is 0 Å². The second-order valence-corrected chi connectivity index (χ2v) is 5.56. The number of aromatic nitrogens is 4. The summed E-state index contributed by atoms with van der Waals surface area (Å²) in [6.45, 7) is 4.89. The van der Waals surface area contributed by atoms with Gasteiger partial charge in [-0.2, -0.15) is 5.10 Å². The molecule has 0 spiro atoms. The Labute approximate surface area is 112 Å². The van der Waals surface area contributed by atoms with E-state index in [0.717, 1.165) is 39.0 Å². The molecule has 0 amide bonds. The Morgan fingerprint density at radius 1 is 1.35 bits per heavy atom. The highest BCUT2D eigenvalue weighted by molar-refractivity contribution is 9.10. The van der Waals surface area contributed by atoms with Gasteiger partial charge in [0, 0.05) is 25.7 Å². The van der Waals surface area contributed by atoms with Gasteiger partial charge in [-0.15, -0.1) is 10.2 Å². The van der Waals surface area contributed by atoms with E-state index < -0.39 is 0 Å². The first-order valence-electron chi connectivity index (χ1n) is 5.31. The number of aryl methyl sites for hydroxylation is 3. The first-order valence-corrected chi connectivity index (χ1v) is 6.92. The molecule has 92 valence electrons. The quantitative estimate of drug-likeness (QED) is 0.941. The van der Waals surface area contributed by atoms with E-state index in [4.69, 9.17) is 0 Å². The van der Waals surface area contributed by atoms with Gasteiger partial charge in [0.25, 0.3) is 0 Å². The zero-order chi connectivity index (χ0) is 12.4. The highest BCUT2D eigenvalue weighted by atomic mass is 79.9. The Kier molecular flexibility index (Phi) is 3.78. The Morgan fingerprint density at radius 2 is 2.12 bits per heavy atom. The molecule has 0 atom stereocenters. The van der Waals surface area contributed by atoms with E-state index >= 15 is 0 Å². The predicted molar refractivity (Wildman–Crippen MR) is 72.6 cm³/mol. The Balaban J connectivity index is 2.04. The summed E-state index contributed by atoms with van der Waals surface area (Å²) in [6.07, 6.45) is 0.855. The molecule has 2 rings (SSSR count). The van der Waals surface area contributed by atoms with E-state index in [0.29, 0.717) is 0 Å². The van der Waals surface area contributed by atoms with Crippen LogP contribution in [0.3, 0.4) is 0 Å². The molecule has 0 radical (unpaired) electrons. The van der Waals surface area contributed by atoms with E-state index in [1.54, 1.807) is 11.3 Å². The lowest BCUT2D eigenvalue weighted by Gasteiger charge is -2.01. The van der Waals surface area contributed by atoms with Gasteiger partial charge in [0.1, 0.15) is 5.01 Å². The number of anilines is 1. The van der Waals surface area contributed by atoms with Crippen LogP contribution in [0.25, 0.3) is 0 Å². The second kappa shape index (κ2) is 5.14. The highest BCUT2D eigenvalue weighted by Crippen LogP contribution is 2.21. The van der Waals surface area contributed by atoms with Gasteiger partial charge >= 0.3 is 0 Å². The molecule has 7 heteroatoms. The second-order valence-electron chi connectivity index (χ2n) is 3.71. The third-order valence-electron chi connectivity index (χ3n) is 2.51. The van der Waals surface area contributed by atoms with Crippen LogP contribution in [-0.2, 0) is 13.0 Å². The fraction of sp³-hybridized carbons (Fsp3) is 0.500. The number of halogens is 1. The number of hydrogen-bond donors (Lipinski definition) is 1. The summed E-state index contributed by atoms with van der Waals surface area (Å²) < 4.78 is 3.09. The highest BCUT2D eigenvalue weighted by Gasteiger charge is 2.09. The van der Waals surface area contributed by atoms with Gasteiger partial charge < -0.3 is 5.32 Å². The third kappa shape index (κ3) is 2.66. The number of nitrogens with one attached hydrogen (secondary N) is 1. The van der Waals surface area contributed by atoms with E-state index in [-0.39, 0.29) is 0 Å². The Bertz CT molecular complexity index is 519. The first kappa shape index (κ1) is 12.5. The molecule has 5 nitrogen and oxygen atoms in total. The average Bonchev–Trinajstić information content (AvgIpc) is 2.88. The van der Waals surface area contributed by atoms with Crippen molar-refractivity contribution in [1.82, 2.24) is 20.0 Å². The van der Waals surface area contributed by atoms with Gasteiger partial charge in [-0.1, -0.05) is 11.3 Å². The zero-order valence-electron chi connectivity index (χ0n) is 9.99. The molecular formula is C10H14BrN5S. The van der Waals surface area contributed by atoms with Gasteiger partial charge in [-0.25, -0.2) is 0 Å². The van der Waals surface area contributed by atoms with Gasteiger partial charge in [-0.05, 0) is 29.8 Å². The standard InChI is InChI=1S/C10H14BrN5S/c1-6-9(11)7(2)16(15-6)5-4-8-13-14-10(12-3)17-8/h4-5H2,1-3H3,(H,12,14). The van der Waals surface area contributed by atoms with E-state index in [1.165, 1.54) is 0 Å². The van der Waals surface area contributed by atoms with Crippen molar-refractivity contribution in [3.63, 3.8) is 0 Å². The molecule has 17 heavy (non-hydrogen) atoms. The van der Waals surface area contributed by atoms with Crippen LogP contribution < -0.4 is 5.32 Å². The van der Waals surface area contributed by atoms with Crippen LogP contribution in [0.15, 0.2) is 4.47 Å². The van der Waals surface area contributed by atoms with Crippen molar-refractivity contribution in [2.45, 2.75) is 26.8 Å². The Morgan fingerprint density at radius 3 is 2.65 bits per heavy atom. The molecule has 2 aromatic heterocycles. The minimum atomic E-state index is 0.830. The largest absolute Gasteiger partial charge is 0.363 e. The van der Waals surface area contributed by atoms with Crippen LogP contribution in [0.4, 0.5) is 5.13 Å². The third-order valence-corrected chi connectivity index (χ3v) is 4.66. The smallest absolute Gasteiger partial charge is 0.205 e. The van der Waals surface area contributed by atoms with Crippen molar-refractivity contribution >= 4 is 32.4 Å². The molecular weight excluding hydrogens is 302 g/mol. The van der Waals surface area contributed by atoms with Crippen molar-refractivity contribution < 1.29 is 0 Å². The maximum absolute atomic E-state index is 4.46. The van der Waals surface area contributed by atoms with Crippen molar-refractivity contribution in [3.8, 4) is 0 Å². The van der Waals surface area contributed by atoms with Crippen LogP contribution in [-0.4, -0.2) is 27.0 Å². The molecule has 2 aromatic rings. The SMILES string of the molecule is CNc1nnc(CCn2nc(C)c(Br)c2C)s1. The monoisotopic (exact) mass is 315 g/mol. The molecule has 0 aliphatic heterocycles. The lowest BCUT2D eigenvalue weighted by atomic mass is 10.4. The molecule has 1 N–H and O–H groups in total. The van der Waals surface area contributed by atoms with Crippen molar-refractivity contribution in [3.05, 3.63) is 20.9 Å². The maximum atomic E-state index is 4.46. The van der Waals surface area contributed by atoms with Crippen LogP contribution >= 0.6 is 27.3 Å². The summed E-state index contributed by atoms with van der Waals surface area (Å²) in [5, 5.41) is 17.5. The van der Waals surface area contributed by atoms with Crippen LogP contribution in [0.5, 0.6) is 0 Å². The van der Waals surface area contributed by atoms with E-state index in [9.17, 15) is 0 Å². The van der Waals surface area contributed by atoms with Gasteiger partial charge in [0.2, 0.25) is 5.13 Å². The molecule has 0 bridgehead atoms. The molecule has 0 aliphatic carbocycles. The summed E-state index contributed by atoms with van der Waals surface area (Å²) in [7, 11) is 1.85. The van der Waals surface area contributed by atoms with Crippen molar-refractivity contribution in [2.75, 3.05) is 12.4 Å². The van der Waals surface area contributed by atoms with Gasteiger partial charge in [0.15, 0.2) is 0 Å². The summed E-state index contributed by atoms with van der Waals surface area (Å²) in [6, 6.07) is 0. The molecule has 2 heterocycles. The minimum absolute atomic E-state index is 0.830. The summed E-state index contributed by atoms with van der Waals surface area (Å²) >= 11 is 5.11. The van der Waals surface area contributed by atoms with Crippen molar-refractivity contribution in [2.24, 2.45) is 0 Å². The zero-order valence-corrected chi connectivity index (χ0v) is 12.4. The molecule has 0 unspecified atom stereocenters. The van der Waals surface area contributed by atoms with E-state index in [1.807, 2.05) is 18.7 Å². The molecule has 0 saturated heterocycles. The normalized spacial score (nSPS) is 10.8. The number of nitrogens with zero attached hydrogens (tertiary/aromatic N) is 4. The number of rotatable bonds is 4. The Hall–Kier alpha value is -0.950. The number of hydrogen-bond acceptors (Lipinski definition) is 5. The lowest BCUT2D eigenvalue weighted by molar-refractivity contribution is 0.591. The molecule has 0 fully saturated rings. The summed E-state index contributed by atoms with van der Waals surface area (Å²) in [5.41, 5.74) is 2.18. The lowest BCUT2D eigenvalue weighted by Crippen LogP contribution is -2.05. The van der Waals surface area contributed by atoms with E-state index in [2.05, 4.69) is 43.5 Å². The van der Waals surface area contributed by atoms with Crippen LogP contribution in [0, 0.1) is 13.8 Å². The average molecular weight is 316 g/mol. The molecule has 0 saturated carbocycles. The molecule has 0 aliphatic rings. The van der Waals surface area contributed by atoms with Crippen molar-refractivity contribution in [1.29, 1.82) is 0 Å². The predicted octanol–water partition coefficient (Wildman–Crippen LogP) is 2.40. The van der Waals surface area contributed by atoms with Gasteiger partial charge in [0.05, 0.1) is 10.2 Å². The van der Waals surface area contributed by atoms with Gasteiger partial charge in [-0.3, -0.25) is 4.68 Å². The fourth-order valence-corrected chi connectivity index (χ4v) is 2.52. The molecule has 0 aromatic carbocycles. The fourth-order valence-electron chi connectivity index (χ4n) is 1.55. The maximum Gasteiger partial charge on any atom is 0.205 e. The summed E-state index contributed by atoms with van der Waals surface area (Å²) in [4.78, 5) is 0. The summed E-state index contributed by atoms with van der Waals surface area (Å²) in [5.74, 6) is 0. The van der Waals surface area contributed by atoms with Crippen LogP contribution in [0.1, 0.15) is 16.4 Å². The first-order chi connectivity index (χ1) is 8.11. The topological polar surface area (TPSA) is 55.6 Å².